The minimum Gasteiger partial charge on any atom is -0.309 e. The van der Waals surface area contributed by atoms with Crippen molar-refractivity contribution in [3.8, 4) is 44.8 Å². The van der Waals surface area contributed by atoms with E-state index in [2.05, 4.69) is 205 Å². The molecule has 0 radical (unpaired) electrons. The molecule has 10 aromatic rings. The maximum absolute atomic E-state index is 2.52. The second-order valence-corrected chi connectivity index (χ2v) is 15.0. The second kappa shape index (κ2) is 11.2. The molecular formula is C51H36N2. The molecule has 0 unspecified atom stereocenters. The largest absolute Gasteiger partial charge is 0.309 e. The van der Waals surface area contributed by atoms with Crippen molar-refractivity contribution in [2.45, 2.75) is 19.3 Å². The van der Waals surface area contributed by atoms with Gasteiger partial charge in [0.05, 0.1) is 27.8 Å². The van der Waals surface area contributed by atoms with Gasteiger partial charge in [0, 0.05) is 38.2 Å². The molecule has 2 heteroatoms. The molecular weight excluding hydrogens is 641 g/mol. The fourth-order valence-electron chi connectivity index (χ4n) is 9.22. The summed E-state index contributed by atoms with van der Waals surface area (Å²) in [6.07, 6.45) is 0. The highest BCUT2D eigenvalue weighted by Gasteiger charge is 2.37. The van der Waals surface area contributed by atoms with Crippen molar-refractivity contribution < 1.29 is 0 Å². The fraction of sp³-hybridized carbons (Fsp3) is 0.0588. The fourth-order valence-corrected chi connectivity index (χ4v) is 9.22. The zero-order valence-electron chi connectivity index (χ0n) is 29.7. The molecule has 0 bridgehead atoms. The van der Waals surface area contributed by atoms with Gasteiger partial charge in [-0.1, -0.05) is 147 Å². The first-order chi connectivity index (χ1) is 26.1. The average molecular weight is 677 g/mol. The van der Waals surface area contributed by atoms with Crippen molar-refractivity contribution in [2.24, 2.45) is 0 Å². The van der Waals surface area contributed by atoms with Crippen LogP contribution in [0.25, 0.3) is 88.4 Å². The van der Waals surface area contributed by atoms with Gasteiger partial charge in [-0.15, -0.1) is 0 Å². The van der Waals surface area contributed by atoms with Gasteiger partial charge in [-0.2, -0.15) is 0 Å². The smallest absolute Gasteiger partial charge is 0.0562 e. The van der Waals surface area contributed by atoms with Crippen molar-refractivity contribution in [1.29, 1.82) is 0 Å². The van der Waals surface area contributed by atoms with Crippen LogP contribution in [0.4, 0.5) is 0 Å². The van der Waals surface area contributed by atoms with E-state index in [0.29, 0.717) is 0 Å². The van der Waals surface area contributed by atoms with Crippen molar-refractivity contribution in [3.63, 3.8) is 0 Å². The Balaban J connectivity index is 1.18. The third kappa shape index (κ3) is 4.33. The summed E-state index contributed by atoms with van der Waals surface area (Å²) in [5.74, 6) is 0. The van der Waals surface area contributed by atoms with Gasteiger partial charge in [0.15, 0.2) is 0 Å². The summed E-state index contributed by atoms with van der Waals surface area (Å²) in [7, 11) is 0. The molecule has 0 aliphatic heterocycles. The van der Waals surface area contributed by atoms with E-state index < -0.39 is 0 Å². The number of hydrogen-bond acceptors (Lipinski definition) is 0. The number of benzene rings is 8. The van der Waals surface area contributed by atoms with Gasteiger partial charge in [-0.25, -0.2) is 0 Å². The lowest BCUT2D eigenvalue weighted by molar-refractivity contribution is 0.660. The van der Waals surface area contributed by atoms with Gasteiger partial charge in [0.1, 0.15) is 0 Å². The Hall–Kier alpha value is -6.64. The van der Waals surface area contributed by atoms with Crippen LogP contribution < -0.4 is 0 Å². The van der Waals surface area contributed by atoms with Gasteiger partial charge >= 0.3 is 0 Å². The molecule has 53 heavy (non-hydrogen) atoms. The van der Waals surface area contributed by atoms with Crippen LogP contribution in [0, 0.1) is 0 Å². The minimum atomic E-state index is -0.0774. The number of para-hydroxylation sites is 2. The molecule has 8 aromatic carbocycles. The molecule has 0 fully saturated rings. The molecule has 0 spiro atoms. The number of fused-ring (bicyclic) bond motifs is 9. The number of hydrogen-bond donors (Lipinski definition) is 0. The monoisotopic (exact) mass is 676 g/mol. The standard InChI is InChI=1S/C51H36N2/c1-51(2)43-24-9-6-23-40(43)50-44(51)25-14-28-47(50)53-46-27-11-8-22-39(46)42-31-41-38-21-7-10-26-45(38)52(48(41)32-49(42)53)37-20-13-19-36(30-37)35-18-12-17-34(29-35)33-15-4-3-5-16-33/h3-32H,1-2H3. The van der Waals surface area contributed by atoms with Crippen LogP contribution in [0.2, 0.25) is 0 Å². The first kappa shape index (κ1) is 30.0. The van der Waals surface area contributed by atoms with Crippen LogP contribution in [-0.4, -0.2) is 9.13 Å². The first-order valence-electron chi connectivity index (χ1n) is 18.5. The van der Waals surface area contributed by atoms with E-state index in [-0.39, 0.29) is 5.41 Å². The van der Waals surface area contributed by atoms with Crippen molar-refractivity contribution in [1.82, 2.24) is 9.13 Å². The Bertz CT molecular complexity index is 3080. The third-order valence-electron chi connectivity index (χ3n) is 11.7. The minimum absolute atomic E-state index is 0.0774. The molecule has 2 heterocycles. The molecule has 1 aliphatic rings. The quantitative estimate of drug-likeness (QED) is 0.176. The Kier molecular flexibility index (Phi) is 6.33. The molecule has 250 valence electrons. The predicted molar refractivity (Wildman–Crippen MR) is 224 cm³/mol. The summed E-state index contributed by atoms with van der Waals surface area (Å²) in [6, 6.07) is 67.1. The number of nitrogens with zero attached hydrogens (tertiary/aromatic N) is 2. The molecule has 2 aromatic heterocycles. The Morgan fingerprint density at radius 3 is 1.68 bits per heavy atom. The Morgan fingerprint density at radius 2 is 0.906 bits per heavy atom. The van der Waals surface area contributed by atoms with Crippen molar-refractivity contribution >= 4 is 43.6 Å². The van der Waals surface area contributed by atoms with E-state index in [0.717, 1.165) is 5.69 Å². The zero-order valence-corrected chi connectivity index (χ0v) is 29.7. The summed E-state index contributed by atoms with van der Waals surface area (Å²) in [5, 5.41) is 5.06. The van der Waals surface area contributed by atoms with Crippen LogP contribution in [0.3, 0.4) is 0 Å². The summed E-state index contributed by atoms with van der Waals surface area (Å²) < 4.78 is 4.99. The van der Waals surface area contributed by atoms with Crippen LogP contribution in [-0.2, 0) is 5.41 Å². The number of aromatic nitrogens is 2. The van der Waals surface area contributed by atoms with E-state index in [4.69, 9.17) is 0 Å². The maximum atomic E-state index is 2.52. The lowest BCUT2D eigenvalue weighted by atomic mass is 9.82. The van der Waals surface area contributed by atoms with Gasteiger partial charge < -0.3 is 9.13 Å². The van der Waals surface area contributed by atoms with E-state index in [1.165, 1.54) is 93.8 Å². The first-order valence-corrected chi connectivity index (χ1v) is 18.5. The lowest BCUT2D eigenvalue weighted by Gasteiger charge is -2.22. The van der Waals surface area contributed by atoms with E-state index in [1.54, 1.807) is 0 Å². The van der Waals surface area contributed by atoms with Gasteiger partial charge in [-0.3, -0.25) is 0 Å². The van der Waals surface area contributed by atoms with Gasteiger partial charge in [-0.05, 0) is 87.5 Å². The van der Waals surface area contributed by atoms with E-state index in [1.807, 2.05) is 0 Å². The van der Waals surface area contributed by atoms with Crippen molar-refractivity contribution in [3.05, 3.63) is 193 Å². The molecule has 0 atom stereocenters. The lowest BCUT2D eigenvalue weighted by Crippen LogP contribution is -2.14. The van der Waals surface area contributed by atoms with Gasteiger partial charge in [0.25, 0.3) is 0 Å². The Morgan fingerprint density at radius 1 is 0.358 bits per heavy atom. The highest BCUT2D eigenvalue weighted by Crippen LogP contribution is 2.52. The molecule has 0 N–H and O–H groups in total. The Labute approximate surface area is 308 Å². The SMILES string of the molecule is CC1(C)c2ccccc2-c2c(-n3c4ccccc4c4cc5c6ccccc6n(-c6cccc(-c7cccc(-c8ccccc8)c7)c6)c5cc43)cccc21. The second-order valence-electron chi connectivity index (χ2n) is 15.0. The third-order valence-corrected chi connectivity index (χ3v) is 11.7. The van der Waals surface area contributed by atoms with Crippen LogP contribution in [0.15, 0.2) is 182 Å². The average Bonchev–Trinajstić information content (AvgIpc) is 3.80. The van der Waals surface area contributed by atoms with Crippen LogP contribution in [0.1, 0.15) is 25.0 Å². The topological polar surface area (TPSA) is 9.86 Å². The molecule has 2 nitrogen and oxygen atoms in total. The number of rotatable bonds is 4. The normalized spacial score (nSPS) is 13.2. The summed E-state index contributed by atoms with van der Waals surface area (Å²) in [6.45, 7) is 4.72. The highest BCUT2D eigenvalue weighted by atomic mass is 15.0. The maximum Gasteiger partial charge on any atom is 0.0562 e. The molecule has 11 rings (SSSR count). The predicted octanol–water partition coefficient (Wildman–Crippen LogP) is 13.5. The molecule has 0 amide bonds. The van der Waals surface area contributed by atoms with Crippen LogP contribution >= 0.6 is 0 Å². The zero-order chi connectivity index (χ0) is 35.3. The summed E-state index contributed by atoms with van der Waals surface area (Å²) in [5.41, 5.74) is 17.4. The molecule has 0 saturated carbocycles. The van der Waals surface area contributed by atoms with Crippen LogP contribution in [0.5, 0.6) is 0 Å². The summed E-state index contributed by atoms with van der Waals surface area (Å²) in [4.78, 5) is 0. The summed E-state index contributed by atoms with van der Waals surface area (Å²) >= 11 is 0. The van der Waals surface area contributed by atoms with Gasteiger partial charge in [0.2, 0.25) is 0 Å². The van der Waals surface area contributed by atoms with E-state index in [9.17, 15) is 0 Å². The highest BCUT2D eigenvalue weighted by molar-refractivity contribution is 6.19. The molecule has 0 saturated heterocycles. The van der Waals surface area contributed by atoms with E-state index >= 15 is 0 Å². The molecule has 1 aliphatic carbocycles. The van der Waals surface area contributed by atoms with Crippen molar-refractivity contribution in [2.75, 3.05) is 0 Å².